The molecule has 6 nitrogen and oxygen atoms in total. The van der Waals surface area contributed by atoms with Crippen LogP contribution in [0.25, 0.3) is 0 Å². The van der Waals surface area contributed by atoms with Gasteiger partial charge in [-0.1, -0.05) is 19.9 Å². The molecule has 1 aliphatic rings. The summed E-state index contributed by atoms with van der Waals surface area (Å²) in [5.74, 6) is -1.08. The highest BCUT2D eigenvalue weighted by Gasteiger charge is 2.35. The number of halogens is 2. The Morgan fingerprint density at radius 3 is 2.28 bits per heavy atom. The first-order chi connectivity index (χ1) is 11.8. The Morgan fingerprint density at radius 2 is 1.76 bits per heavy atom. The lowest BCUT2D eigenvalue weighted by atomic mass is 9.98. The van der Waals surface area contributed by atoms with Crippen LogP contribution in [-0.4, -0.2) is 36.0 Å². The third kappa shape index (κ3) is 3.43. The number of rotatable bonds is 4. The molecule has 9 heteroatoms. The molecular formula is C16H19F2N3O3S. The summed E-state index contributed by atoms with van der Waals surface area (Å²) in [5.41, 5.74) is 0. The number of hydrogen-bond donors (Lipinski definition) is 0. The molecule has 3 rings (SSSR count). The predicted octanol–water partition coefficient (Wildman–Crippen LogP) is 3.04. The highest BCUT2D eigenvalue weighted by molar-refractivity contribution is 7.89. The van der Waals surface area contributed by atoms with E-state index in [1.807, 2.05) is 13.8 Å². The molecule has 1 aliphatic heterocycles. The molecule has 2 heterocycles. The molecule has 0 amide bonds. The first-order valence-corrected chi connectivity index (χ1v) is 9.52. The fraction of sp³-hybridized carbons (Fsp3) is 0.500. The van der Waals surface area contributed by atoms with Crippen molar-refractivity contribution in [2.45, 2.75) is 43.4 Å². The van der Waals surface area contributed by atoms with Crippen molar-refractivity contribution < 1.29 is 21.6 Å². The summed E-state index contributed by atoms with van der Waals surface area (Å²) in [7, 11) is -4.22. The van der Waals surface area contributed by atoms with Crippen LogP contribution < -0.4 is 0 Å². The van der Waals surface area contributed by atoms with E-state index in [0.717, 1.165) is 22.5 Å². The van der Waals surface area contributed by atoms with Gasteiger partial charge in [-0.25, -0.2) is 17.2 Å². The minimum atomic E-state index is -4.22. The molecule has 0 radical (unpaired) electrons. The summed E-state index contributed by atoms with van der Waals surface area (Å²) in [4.78, 5) is -0.895. The average Bonchev–Trinajstić information content (AvgIpc) is 3.05. The zero-order valence-electron chi connectivity index (χ0n) is 13.9. The van der Waals surface area contributed by atoms with Crippen molar-refractivity contribution in [2.75, 3.05) is 13.1 Å². The van der Waals surface area contributed by atoms with Gasteiger partial charge in [-0.2, -0.15) is 4.31 Å². The van der Waals surface area contributed by atoms with Gasteiger partial charge in [-0.3, -0.25) is 0 Å². The first kappa shape index (κ1) is 17.9. The van der Waals surface area contributed by atoms with E-state index in [-0.39, 0.29) is 24.9 Å². The third-order valence-corrected chi connectivity index (χ3v) is 6.22. The molecule has 0 atom stereocenters. The summed E-state index contributed by atoms with van der Waals surface area (Å²) in [6, 6.07) is 3.01. The number of sulfonamides is 1. The normalized spacial score (nSPS) is 17.3. The zero-order chi connectivity index (χ0) is 18.2. The Bertz CT molecular complexity index is 839. The quantitative estimate of drug-likeness (QED) is 0.826. The predicted molar refractivity (Wildman–Crippen MR) is 85.5 cm³/mol. The lowest BCUT2D eigenvalue weighted by molar-refractivity contribution is 0.283. The lowest BCUT2D eigenvalue weighted by Crippen LogP contribution is -2.38. The number of hydrogen-bond acceptors (Lipinski definition) is 5. The molecule has 1 fully saturated rings. The number of aromatic nitrogens is 2. The van der Waals surface area contributed by atoms with Crippen molar-refractivity contribution in [3.05, 3.63) is 41.6 Å². The van der Waals surface area contributed by atoms with Crippen molar-refractivity contribution in [3.8, 4) is 0 Å². The SMILES string of the molecule is CC(C)c1nnc(C2CCN(S(=O)(=O)c3c(F)cccc3F)CC2)o1. The molecular weight excluding hydrogens is 352 g/mol. The number of nitrogens with zero attached hydrogens (tertiary/aromatic N) is 3. The van der Waals surface area contributed by atoms with Crippen molar-refractivity contribution >= 4 is 10.0 Å². The molecule has 0 aliphatic carbocycles. The fourth-order valence-corrected chi connectivity index (χ4v) is 4.42. The minimum absolute atomic E-state index is 0.0584. The summed E-state index contributed by atoms with van der Waals surface area (Å²) in [5, 5.41) is 8.01. The van der Waals surface area contributed by atoms with E-state index in [0.29, 0.717) is 24.6 Å². The van der Waals surface area contributed by atoms with Crippen LogP contribution in [-0.2, 0) is 10.0 Å². The Morgan fingerprint density at radius 1 is 1.16 bits per heavy atom. The van der Waals surface area contributed by atoms with Crippen molar-refractivity contribution in [2.24, 2.45) is 0 Å². The van der Waals surface area contributed by atoms with E-state index in [4.69, 9.17) is 4.42 Å². The first-order valence-electron chi connectivity index (χ1n) is 8.08. The maximum atomic E-state index is 13.8. The van der Waals surface area contributed by atoms with Crippen molar-refractivity contribution in [3.63, 3.8) is 0 Å². The van der Waals surface area contributed by atoms with E-state index >= 15 is 0 Å². The van der Waals surface area contributed by atoms with Crippen LogP contribution in [0.4, 0.5) is 8.78 Å². The topological polar surface area (TPSA) is 76.3 Å². The van der Waals surface area contributed by atoms with Gasteiger partial charge in [0.25, 0.3) is 0 Å². The molecule has 1 aromatic heterocycles. The van der Waals surface area contributed by atoms with Crippen LogP contribution in [0.15, 0.2) is 27.5 Å². The van der Waals surface area contributed by atoms with Crippen LogP contribution >= 0.6 is 0 Å². The number of benzene rings is 1. The zero-order valence-corrected chi connectivity index (χ0v) is 14.8. The van der Waals surface area contributed by atoms with Gasteiger partial charge in [0, 0.05) is 24.9 Å². The summed E-state index contributed by atoms with van der Waals surface area (Å²) in [6.45, 7) is 4.16. The molecule has 0 N–H and O–H groups in total. The molecule has 0 unspecified atom stereocenters. The van der Waals surface area contributed by atoms with Gasteiger partial charge in [0.05, 0.1) is 0 Å². The van der Waals surface area contributed by atoms with E-state index in [1.54, 1.807) is 0 Å². The van der Waals surface area contributed by atoms with Gasteiger partial charge in [0.1, 0.15) is 11.6 Å². The van der Waals surface area contributed by atoms with Crippen molar-refractivity contribution in [1.82, 2.24) is 14.5 Å². The Hall–Kier alpha value is -1.87. The third-order valence-electron chi connectivity index (χ3n) is 4.27. The lowest BCUT2D eigenvalue weighted by Gasteiger charge is -2.29. The smallest absolute Gasteiger partial charge is 0.248 e. The van der Waals surface area contributed by atoms with Gasteiger partial charge in [0.15, 0.2) is 4.90 Å². The standard InChI is InChI=1S/C16H19F2N3O3S/c1-10(2)15-19-20-16(24-15)11-6-8-21(9-7-11)25(22,23)14-12(17)4-3-5-13(14)18/h3-5,10-11H,6-9H2,1-2H3. The Balaban J connectivity index is 1.75. The van der Waals surface area contributed by atoms with Gasteiger partial charge in [-0.15, -0.1) is 10.2 Å². The summed E-state index contributed by atoms with van der Waals surface area (Å²) >= 11 is 0. The van der Waals surface area contributed by atoms with Gasteiger partial charge in [-0.05, 0) is 25.0 Å². The molecule has 0 saturated carbocycles. The molecule has 2 aromatic rings. The molecule has 0 spiro atoms. The minimum Gasteiger partial charge on any atom is -0.425 e. The maximum Gasteiger partial charge on any atom is 0.248 e. The molecule has 1 aromatic carbocycles. The molecule has 136 valence electrons. The maximum absolute atomic E-state index is 13.8. The monoisotopic (exact) mass is 371 g/mol. The highest BCUT2D eigenvalue weighted by atomic mass is 32.2. The second kappa shape index (κ2) is 6.80. The molecule has 25 heavy (non-hydrogen) atoms. The van der Waals surface area contributed by atoms with Crippen LogP contribution in [0.2, 0.25) is 0 Å². The number of piperidine rings is 1. The van der Waals surface area contributed by atoms with Gasteiger partial charge < -0.3 is 4.42 Å². The van der Waals surface area contributed by atoms with E-state index in [2.05, 4.69) is 10.2 Å². The fourth-order valence-electron chi connectivity index (χ4n) is 2.85. The van der Waals surface area contributed by atoms with Gasteiger partial charge >= 0.3 is 0 Å². The van der Waals surface area contributed by atoms with Crippen LogP contribution in [0.3, 0.4) is 0 Å². The second-order valence-electron chi connectivity index (χ2n) is 6.36. The van der Waals surface area contributed by atoms with Crippen LogP contribution in [0.5, 0.6) is 0 Å². The molecule has 0 bridgehead atoms. The Labute approximate surface area is 144 Å². The summed E-state index contributed by atoms with van der Waals surface area (Å²) < 4.78 is 59.5. The van der Waals surface area contributed by atoms with E-state index < -0.39 is 26.6 Å². The Kier molecular flexibility index (Phi) is 4.88. The summed E-state index contributed by atoms with van der Waals surface area (Å²) in [6.07, 6.45) is 0.907. The second-order valence-corrected chi connectivity index (χ2v) is 8.24. The van der Waals surface area contributed by atoms with E-state index in [9.17, 15) is 17.2 Å². The van der Waals surface area contributed by atoms with Crippen molar-refractivity contribution in [1.29, 1.82) is 0 Å². The molecule has 1 saturated heterocycles. The van der Waals surface area contributed by atoms with Crippen LogP contribution in [0.1, 0.15) is 50.3 Å². The van der Waals surface area contributed by atoms with E-state index in [1.165, 1.54) is 0 Å². The largest absolute Gasteiger partial charge is 0.425 e. The highest BCUT2D eigenvalue weighted by Crippen LogP contribution is 2.32. The van der Waals surface area contributed by atoms with Gasteiger partial charge in [0.2, 0.25) is 21.8 Å². The average molecular weight is 371 g/mol. The van der Waals surface area contributed by atoms with Crippen LogP contribution in [0, 0.1) is 11.6 Å².